The highest BCUT2D eigenvalue weighted by molar-refractivity contribution is 7.15. The smallest absolute Gasteiger partial charge is 0.229 e. The molecule has 25 heavy (non-hydrogen) atoms. The van der Waals surface area contributed by atoms with E-state index in [2.05, 4.69) is 15.5 Å². The SMILES string of the molecule is CCc1nnc(N2CC(C(=O)NCC=Cc3ccccc3)CC2=O)s1. The third-order valence-electron chi connectivity index (χ3n) is 3.99. The van der Waals surface area contributed by atoms with Gasteiger partial charge in [0.2, 0.25) is 16.9 Å². The minimum Gasteiger partial charge on any atom is -0.352 e. The summed E-state index contributed by atoms with van der Waals surface area (Å²) in [7, 11) is 0. The highest BCUT2D eigenvalue weighted by Gasteiger charge is 2.36. The van der Waals surface area contributed by atoms with Gasteiger partial charge in [-0.3, -0.25) is 14.5 Å². The molecule has 0 saturated carbocycles. The van der Waals surface area contributed by atoms with Crippen LogP contribution in [0.1, 0.15) is 23.9 Å². The van der Waals surface area contributed by atoms with Crippen molar-refractivity contribution in [1.82, 2.24) is 15.5 Å². The Bertz CT molecular complexity index is 772. The maximum Gasteiger partial charge on any atom is 0.229 e. The first-order valence-corrected chi connectivity index (χ1v) is 9.11. The normalized spacial score (nSPS) is 17.4. The summed E-state index contributed by atoms with van der Waals surface area (Å²) in [5.41, 5.74) is 1.09. The molecule has 0 aliphatic carbocycles. The van der Waals surface area contributed by atoms with Gasteiger partial charge in [-0.1, -0.05) is 60.7 Å². The molecule has 2 heterocycles. The number of amides is 2. The molecule has 6 nitrogen and oxygen atoms in total. The van der Waals surface area contributed by atoms with Crippen LogP contribution in [0.25, 0.3) is 6.08 Å². The zero-order valence-corrected chi connectivity index (χ0v) is 14.8. The van der Waals surface area contributed by atoms with Gasteiger partial charge in [0.05, 0.1) is 5.92 Å². The molecule has 2 amide bonds. The van der Waals surface area contributed by atoms with Gasteiger partial charge in [0, 0.05) is 19.5 Å². The van der Waals surface area contributed by atoms with Crippen LogP contribution in [0.5, 0.6) is 0 Å². The lowest BCUT2D eigenvalue weighted by Crippen LogP contribution is -2.33. The predicted octanol–water partition coefficient (Wildman–Crippen LogP) is 2.28. The van der Waals surface area contributed by atoms with Crippen LogP contribution in [0.4, 0.5) is 5.13 Å². The minimum absolute atomic E-state index is 0.0706. The largest absolute Gasteiger partial charge is 0.352 e. The molecule has 2 aromatic rings. The van der Waals surface area contributed by atoms with Crippen molar-refractivity contribution < 1.29 is 9.59 Å². The van der Waals surface area contributed by atoms with E-state index in [-0.39, 0.29) is 24.2 Å². The Hall–Kier alpha value is -2.54. The number of benzene rings is 1. The van der Waals surface area contributed by atoms with Crippen LogP contribution in [0, 0.1) is 5.92 Å². The molecule has 1 unspecified atom stereocenters. The fourth-order valence-electron chi connectivity index (χ4n) is 2.63. The molecule has 0 radical (unpaired) electrons. The van der Waals surface area contributed by atoms with E-state index >= 15 is 0 Å². The van der Waals surface area contributed by atoms with E-state index in [1.165, 1.54) is 11.3 Å². The van der Waals surface area contributed by atoms with Crippen LogP contribution in [-0.4, -0.2) is 35.1 Å². The molecule has 0 spiro atoms. The van der Waals surface area contributed by atoms with Crippen molar-refractivity contribution in [2.45, 2.75) is 19.8 Å². The summed E-state index contributed by atoms with van der Waals surface area (Å²) >= 11 is 1.41. The molecule has 1 N–H and O–H groups in total. The van der Waals surface area contributed by atoms with Gasteiger partial charge in [0.25, 0.3) is 0 Å². The van der Waals surface area contributed by atoms with E-state index in [4.69, 9.17) is 0 Å². The molecular weight excluding hydrogens is 336 g/mol. The Labute approximate surface area is 150 Å². The summed E-state index contributed by atoms with van der Waals surface area (Å²) in [5, 5.41) is 12.4. The first kappa shape index (κ1) is 17.3. The van der Waals surface area contributed by atoms with Gasteiger partial charge >= 0.3 is 0 Å². The molecule has 3 rings (SSSR count). The molecule has 1 aromatic carbocycles. The summed E-state index contributed by atoms with van der Waals surface area (Å²) in [5.74, 6) is -0.515. The molecule has 1 aliphatic rings. The molecule has 7 heteroatoms. The molecule has 130 valence electrons. The van der Waals surface area contributed by atoms with Crippen LogP contribution < -0.4 is 10.2 Å². The number of anilines is 1. The van der Waals surface area contributed by atoms with Crippen LogP contribution in [-0.2, 0) is 16.0 Å². The van der Waals surface area contributed by atoms with Gasteiger partial charge in [0.1, 0.15) is 5.01 Å². The van der Waals surface area contributed by atoms with Crippen molar-refractivity contribution in [3.8, 4) is 0 Å². The second kappa shape index (κ2) is 8.02. The maximum atomic E-state index is 12.3. The number of hydrogen-bond acceptors (Lipinski definition) is 5. The molecule has 1 fully saturated rings. The lowest BCUT2D eigenvalue weighted by Gasteiger charge is -2.12. The standard InChI is InChI=1S/C18H20N4O2S/c1-2-15-20-21-18(25-15)22-12-14(11-16(22)23)17(24)19-10-6-9-13-7-4-3-5-8-13/h3-9,14H,2,10-12H2,1H3,(H,19,24). The van der Waals surface area contributed by atoms with Crippen molar-refractivity contribution in [2.75, 3.05) is 18.0 Å². The third-order valence-corrected chi connectivity index (χ3v) is 5.08. The third kappa shape index (κ3) is 4.30. The summed E-state index contributed by atoms with van der Waals surface area (Å²) in [4.78, 5) is 26.0. The number of nitrogens with one attached hydrogen (secondary N) is 1. The molecule has 1 atom stereocenters. The van der Waals surface area contributed by atoms with Crippen molar-refractivity contribution >= 4 is 34.4 Å². The van der Waals surface area contributed by atoms with Crippen LogP contribution >= 0.6 is 11.3 Å². The number of nitrogens with zero attached hydrogens (tertiary/aromatic N) is 3. The Morgan fingerprint density at radius 1 is 1.36 bits per heavy atom. The van der Waals surface area contributed by atoms with E-state index in [0.29, 0.717) is 18.2 Å². The first-order chi connectivity index (χ1) is 12.2. The van der Waals surface area contributed by atoms with Crippen molar-refractivity contribution in [3.63, 3.8) is 0 Å². The Morgan fingerprint density at radius 2 is 2.16 bits per heavy atom. The van der Waals surface area contributed by atoms with Crippen molar-refractivity contribution in [2.24, 2.45) is 5.92 Å². The molecule has 1 aromatic heterocycles. The number of carbonyl (C=O) groups is 2. The van der Waals surface area contributed by atoms with Crippen LogP contribution in [0.15, 0.2) is 36.4 Å². The number of rotatable bonds is 6. The molecule has 1 saturated heterocycles. The van der Waals surface area contributed by atoms with Crippen LogP contribution in [0.2, 0.25) is 0 Å². The van der Waals surface area contributed by atoms with E-state index in [1.54, 1.807) is 4.90 Å². The summed E-state index contributed by atoms with van der Waals surface area (Å²) in [6, 6.07) is 9.89. The highest BCUT2D eigenvalue weighted by Crippen LogP contribution is 2.28. The van der Waals surface area contributed by atoms with Crippen molar-refractivity contribution in [1.29, 1.82) is 0 Å². The highest BCUT2D eigenvalue weighted by atomic mass is 32.1. The summed E-state index contributed by atoms with van der Waals surface area (Å²) in [6.45, 7) is 2.80. The Morgan fingerprint density at radius 3 is 2.88 bits per heavy atom. The second-order valence-corrected chi connectivity index (χ2v) is 6.84. The fraction of sp³-hybridized carbons (Fsp3) is 0.333. The van der Waals surface area contributed by atoms with E-state index < -0.39 is 0 Å². The van der Waals surface area contributed by atoms with Gasteiger partial charge < -0.3 is 5.32 Å². The second-order valence-electron chi connectivity index (χ2n) is 5.80. The minimum atomic E-state index is -0.341. The number of aryl methyl sites for hydroxylation is 1. The summed E-state index contributed by atoms with van der Waals surface area (Å²) in [6.07, 6.45) is 4.87. The van der Waals surface area contributed by atoms with E-state index in [1.807, 2.05) is 49.4 Å². The monoisotopic (exact) mass is 356 g/mol. The van der Waals surface area contributed by atoms with Gasteiger partial charge in [-0.05, 0) is 12.0 Å². The van der Waals surface area contributed by atoms with E-state index in [0.717, 1.165) is 17.0 Å². The number of aromatic nitrogens is 2. The predicted molar refractivity (Wildman–Crippen MR) is 98.2 cm³/mol. The fourth-order valence-corrected chi connectivity index (χ4v) is 3.43. The first-order valence-electron chi connectivity index (χ1n) is 8.29. The topological polar surface area (TPSA) is 75.2 Å². The molecule has 1 aliphatic heterocycles. The van der Waals surface area contributed by atoms with Gasteiger partial charge in [-0.15, -0.1) is 10.2 Å². The van der Waals surface area contributed by atoms with Gasteiger partial charge in [-0.2, -0.15) is 0 Å². The quantitative estimate of drug-likeness (QED) is 0.862. The van der Waals surface area contributed by atoms with Crippen LogP contribution in [0.3, 0.4) is 0 Å². The lowest BCUT2D eigenvalue weighted by atomic mass is 10.1. The van der Waals surface area contributed by atoms with Gasteiger partial charge in [-0.25, -0.2) is 0 Å². The lowest BCUT2D eigenvalue weighted by molar-refractivity contribution is -0.126. The van der Waals surface area contributed by atoms with E-state index in [9.17, 15) is 9.59 Å². The molecular formula is C18H20N4O2S. The maximum absolute atomic E-state index is 12.3. The Kier molecular flexibility index (Phi) is 5.55. The van der Waals surface area contributed by atoms with Crippen molar-refractivity contribution in [3.05, 3.63) is 47.0 Å². The average molecular weight is 356 g/mol. The summed E-state index contributed by atoms with van der Waals surface area (Å²) < 4.78 is 0. The molecule has 0 bridgehead atoms. The van der Waals surface area contributed by atoms with Gasteiger partial charge in [0.15, 0.2) is 0 Å². The zero-order chi connectivity index (χ0) is 17.6. The number of carbonyl (C=O) groups excluding carboxylic acids is 2. The average Bonchev–Trinajstić information content (AvgIpc) is 3.25. The zero-order valence-electron chi connectivity index (χ0n) is 14.0. The Balaban J connectivity index is 1.51. The number of hydrogen-bond donors (Lipinski definition) is 1.